The quantitative estimate of drug-likeness (QED) is 0.811. The molecule has 5 heteroatoms. The average Bonchev–Trinajstić information content (AvgIpc) is 2.20. The summed E-state index contributed by atoms with van der Waals surface area (Å²) in [5.41, 5.74) is 6.18. The van der Waals surface area contributed by atoms with Gasteiger partial charge in [0.1, 0.15) is 11.5 Å². The van der Waals surface area contributed by atoms with Crippen LogP contribution in [0.1, 0.15) is 11.6 Å². The summed E-state index contributed by atoms with van der Waals surface area (Å²) in [5, 5.41) is 9.92. The molecule has 0 aromatic heterocycles. The van der Waals surface area contributed by atoms with E-state index in [0.717, 1.165) is 0 Å². The molecule has 0 aliphatic heterocycles. The molecule has 3 nitrogen and oxygen atoms in total. The van der Waals surface area contributed by atoms with Crippen molar-refractivity contribution in [3.8, 4) is 11.5 Å². The van der Waals surface area contributed by atoms with Gasteiger partial charge in [-0.2, -0.15) is 0 Å². The van der Waals surface area contributed by atoms with Gasteiger partial charge in [0.15, 0.2) is 0 Å². The maximum Gasteiger partial charge on any atom is 0.142 e. The minimum absolute atomic E-state index is 0. The van der Waals surface area contributed by atoms with Crippen LogP contribution in [0.5, 0.6) is 11.5 Å². The highest BCUT2D eigenvalue weighted by molar-refractivity contribution is 6.32. The Morgan fingerprint density at radius 2 is 2.20 bits per heavy atom. The zero-order chi connectivity index (χ0) is 10.7. The molecular formula is C10H13Cl2NO2. The second-order valence-corrected chi connectivity index (χ2v) is 3.18. The van der Waals surface area contributed by atoms with E-state index in [1.807, 2.05) is 0 Å². The molecule has 0 fully saturated rings. The molecule has 3 N–H and O–H groups in total. The summed E-state index contributed by atoms with van der Waals surface area (Å²) in [4.78, 5) is 0. The molecule has 0 spiro atoms. The minimum atomic E-state index is -0.497. The number of benzene rings is 1. The summed E-state index contributed by atoms with van der Waals surface area (Å²) in [5.74, 6) is 0.442. The van der Waals surface area contributed by atoms with Gasteiger partial charge in [0, 0.05) is 0 Å². The van der Waals surface area contributed by atoms with Crippen LogP contribution in [0.2, 0.25) is 5.02 Å². The fourth-order valence-electron chi connectivity index (χ4n) is 1.18. The Balaban J connectivity index is 0.00000196. The molecule has 0 aliphatic carbocycles. The van der Waals surface area contributed by atoms with Crippen molar-refractivity contribution in [2.45, 2.75) is 6.04 Å². The molecular weight excluding hydrogens is 237 g/mol. The Morgan fingerprint density at radius 3 is 2.67 bits per heavy atom. The molecule has 0 bridgehead atoms. The van der Waals surface area contributed by atoms with Crippen LogP contribution in [-0.4, -0.2) is 12.2 Å². The average molecular weight is 250 g/mol. The monoisotopic (exact) mass is 249 g/mol. The molecule has 0 saturated heterocycles. The van der Waals surface area contributed by atoms with Gasteiger partial charge in [-0.25, -0.2) is 0 Å². The Bertz CT molecular complexity index is 356. The molecule has 84 valence electrons. The number of halogens is 2. The van der Waals surface area contributed by atoms with E-state index in [1.54, 1.807) is 12.1 Å². The van der Waals surface area contributed by atoms with E-state index < -0.39 is 6.04 Å². The van der Waals surface area contributed by atoms with Crippen LogP contribution in [-0.2, 0) is 0 Å². The van der Waals surface area contributed by atoms with E-state index in [-0.39, 0.29) is 23.2 Å². The first-order chi connectivity index (χ1) is 6.61. The third-order valence-electron chi connectivity index (χ3n) is 1.94. The van der Waals surface area contributed by atoms with Crippen LogP contribution in [0.3, 0.4) is 0 Å². The van der Waals surface area contributed by atoms with Crippen molar-refractivity contribution in [1.82, 2.24) is 0 Å². The minimum Gasteiger partial charge on any atom is -0.506 e. The Morgan fingerprint density at radius 1 is 1.60 bits per heavy atom. The molecule has 0 radical (unpaired) electrons. The summed E-state index contributed by atoms with van der Waals surface area (Å²) in [6.07, 6.45) is 1.51. The van der Waals surface area contributed by atoms with E-state index in [0.29, 0.717) is 11.3 Å². The second kappa shape index (κ2) is 5.85. The van der Waals surface area contributed by atoms with E-state index >= 15 is 0 Å². The normalized spacial score (nSPS) is 11.4. The van der Waals surface area contributed by atoms with Gasteiger partial charge >= 0.3 is 0 Å². The van der Waals surface area contributed by atoms with Crippen LogP contribution in [0.15, 0.2) is 24.8 Å². The van der Waals surface area contributed by atoms with E-state index in [1.165, 1.54) is 13.2 Å². The Hall–Kier alpha value is -0.900. The molecule has 15 heavy (non-hydrogen) atoms. The fourth-order valence-corrected chi connectivity index (χ4v) is 1.35. The van der Waals surface area contributed by atoms with Crippen LogP contribution < -0.4 is 10.5 Å². The number of hydrogen-bond donors (Lipinski definition) is 2. The van der Waals surface area contributed by atoms with Crippen molar-refractivity contribution >= 4 is 24.0 Å². The molecule has 1 atom stereocenters. The fraction of sp³-hybridized carbons (Fsp3) is 0.200. The molecule has 0 unspecified atom stereocenters. The summed E-state index contributed by atoms with van der Waals surface area (Å²) >= 11 is 5.75. The highest BCUT2D eigenvalue weighted by atomic mass is 35.5. The lowest BCUT2D eigenvalue weighted by molar-refractivity contribution is 0.397. The number of aromatic hydroxyl groups is 1. The first-order valence-corrected chi connectivity index (χ1v) is 4.43. The number of rotatable bonds is 3. The number of phenols is 1. The number of phenolic OH excluding ortho intramolecular Hbond substituents is 1. The van der Waals surface area contributed by atoms with E-state index in [9.17, 15) is 5.11 Å². The van der Waals surface area contributed by atoms with Crippen molar-refractivity contribution < 1.29 is 9.84 Å². The molecule has 1 aromatic carbocycles. The van der Waals surface area contributed by atoms with Crippen LogP contribution in [0.4, 0.5) is 0 Å². The van der Waals surface area contributed by atoms with Crippen molar-refractivity contribution in [2.24, 2.45) is 5.73 Å². The van der Waals surface area contributed by atoms with Crippen LogP contribution in [0, 0.1) is 0 Å². The van der Waals surface area contributed by atoms with Gasteiger partial charge in [0.05, 0.1) is 23.7 Å². The number of methoxy groups -OCH3 is 1. The van der Waals surface area contributed by atoms with Crippen molar-refractivity contribution in [1.29, 1.82) is 0 Å². The molecule has 0 heterocycles. The maximum atomic E-state index is 9.67. The zero-order valence-electron chi connectivity index (χ0n) is 8.24. The highest BCUT2D eigenvalue weighted by Gasteiger charge is 2.16. The SMILES string of the molecule is C=C[C@@H](N)c1c(OC)ccc(Cl)c1O.Cl. The number of nitrogens with two attached hydrogens (primary N) is 1. The lowest BCUT2D eigenvalue weighted by atomic mass is 10.1. The van der Waals surface area contributed by atoms with Gasteiger partial charge in [0.2, 0.25) is 0 Å². The smallest absolute Gasteiger partial charge is 0.142 e. The van der Waals surface area contributed by atoms with Gasteiger partial charge in [-0.15, -0.1) is 19.0 Å². The predicted octanol–water partition coefficient (Wildman–Crippen LogP) is 2.66. The third kappa shape index (κ3) is 2.78. The van der Waals surface area contributed by atoms with E-state index in [4.69, 9.17) is 22.1 Å². The van der Waals surface area contributed by atoms with Crippen LogP contribution in [0.25, 0.3) is 0 Å². The first kappa shape index (κ1) is 14.1. The molecule has 0 aliphatic rings. The standard InChI is InChI=1S/C10H12ClNO2.ClH/c1-3-7(12)9-8(14-2)5-4-6(11)10(9)13;/h3-5,7,13H,1,12H2,2H3;1H/t7-;/m1./s1. The lowest BCUT2D eigenvalue weighted by Gasteiger charge is -2.14. The number of ether oxygens (including phenoxy) is 1. The van der Waals surface area contributed by atoms with Crippen LogP contribution >= 0.6 is 24.0 Å². The van der Waals surface area contributed by atoms with Gasteiger partial charge in [-0.1, -0.05) is 17.7 Å². The second-order valence-electron chi connectivity index (χ2n) is 2.77. The molecule has 0 saturated carbocycles. The third-order valence-corrected chi connectivity index (χ3v) is 2.24. The van der Waals surface area contributed by atoms with Gasteiger partial charge < -0.3 is 15.6 Å². The predicted molar refractivity (Wildman–Crippen MR) is 64.0 cm³/mol. The molecule has 0 amide bonds. The van der Waals surface area contributed by atoms with Crippen molar-refractivity contribution in [3.63, 3.8) is 0 Å². The number of hydrogen-bond acceptors (Lipinski definition) is 3. The van der Waals surface area contributed by atoms with Gasteiger partial charge in [-0.3, -0.25) is 0 Å². The first-order valence-electron chi connectivity index (χ1n) is 4.05. The Labute approximate surface area is 99.9 Å². The van der Waals surface area contributed by atoms with Crippen molar-refractivity contribution in [2.75, 3.05) is 7.11 Å². The van der Waals surface area contributed by atoms with E-state index in [2.05, 4.69) is 6.58 Å². The summed E-state index contributed by atoms with van der Waals surface area (Å²) in [6.45, 7) is 3.55. The van der Waals surface area contributed by atoms with Crippen molar-refractivity contribution in [3.05, 3.63) is 35.4 Å². The topological polar surface area (TPSA) is 55.5 Å². The summed E-state index contributed by atoms with van der Waals surface area (Å²) in [6, 6.07) is 2.71. The Kier molecular flexibility index (Phi) is 5.50. The maximum absolute atomic E-state index is 9.67. The largest absolute Gasteiger partial charge is 0.506 e. The van der Waals surface area contributed by atoms with Gasteiger partial charge in [0.25, 0.3) is 0 Å². The van der Waals surface area contributed by atoms with Gasteiger partial charge in [-0.05, 0) is 12.1 Å². The highest BCUT2D eigenvalue weighted by Crippen LogP contribution is 2.37. The molecule has 1 rings (SSSR count). The molecule has 1 aromatic rings. The lowest BCUT2D eigenvalue weighted by Crippen LogP contribution is -2.08. The summed E-state index contributed by atoms with van der Waals surface area (Å²) < 4.78 is 5.06. The summed E-state index contributed by atoms with van der Waals surface area (Å²) in [7, 11) is 1.50. The zero-order valence-corrected chi connectivity index (χ0v) is 9.81.